The summed E-state index contributed by atoms with van der Waals surface area (Å²) in [5.74, 6) is 0. The molecule has 1 aliphatic heterocycles. The van der Waals surface area contributed by atoms with Gasteiger partial charge in [-0.3, -0.25) is 0 Å². The van der Waals surface area contributed by atoms with Crippen LogP contribution in [0.4, 0.5) is 0 Å². The van der Waals surface area contributed by atoms with Gasteiger partial charge in [0.2, 0.25) is 0 Å². The Balaban J connectivity index is 2.12. The van der Waals surface area contributed by atoms with Gasteiger partial charge in [-0.1, -0.05) is 32.1 Å². The average molecular weight is 254 g/mol. The Morgan fingerprint density at radius 3 is 1.94 bits per heavy atom. The molecule has 3 nitrogen and oxygen atoms in total. The normalized spacial score (nSPS) is 29.5. The van der Waals surface area contributed by atoms with Crippen molar-refractivity contribution in [2.45, 2.75) is 63.4 Å². The van der Waals surface area contributed by atoms with E-state index in [0.29, 0.717) is 6.54 Å². The van der Waals surface area contributed by atoms with Crippen LogP contribution in [-0.4, -0.2) is 42.3 Å². The third-order valence-electron chi connectivity index (χ3n) is 5.50. The number of nitrogens with two attached hydrogens (primary N) is 1. The highest BCUT2D eigenvalue weighted by atomic mass is 16.3. The Hall–Kier alpha value is -0.120. The van der Waals surface area contributed by atoms with Gasteiger partial charge in [-0.05, 0) is 32.7 Å². The summed E-state index contributed by atoms with van der Waals surface area (Å²) in [5, 5.41) is 11.2. The van der Waals surface area contributed by atoms with E-state index in [-0.39, 0.29) is 5.41 Å². The van der Waals surface area contributed by atoms with E-state index >= 15 is 0 Å². The molecule has 1 saturated heterocycles. The van der Waals surface area contributed by atoms with Crippen molar-refractivity contribution in [2.24, 2.45) is 11.1 Å². The zero-order valence-corrected chi connectivity index (χ0v) is 12.0. The fourth-order valence-corrected chi connectivity index (χ4v) is 3.96. The largest absolute Gasteiger partial charge is 0.389 e. The van der Waals surface area contributed by atoms with Crippen molar-refractivity contribution in [3.05, 3.63) is 0 Å². The van der Waals surface area contributed by atoms with E-state index in [1.807, 2.05) is 0 Å². The summed E-state index contributed by atoms with van der Waals surface area (Å²) in [6.45, 7) is 2.68. The molecule has 0 aromatic rings. The maximum Gasteiger partial charge on any atom is 0.0740 e. The molecule has 0 aromatic carbocycles. The van der Waals surface area contributed by atoms with Crippen LogP contribution in [0.5, 0.6) is 0 Å². The predicted molar refractivity (Wildman–Crippen MR) is 75.5 cm³/mol. The first-order valence-electron chi connectivity index (χ1n) is 7.73. The number of likely N-dealkylation sites (tertiary alicyclic amines) is 1. The molecule has 2 rings (SSSR count). The fourth-order valence-electron chi connectivity index (χ4n) is 3.96. The monoisotopic (exact) mass is 254 g/mol. The summed E-state index contributed by atoms with van der Waals surface area (Å²) in [7, 11) is 2.15. The maximum atomic E-state index is 11.2. The second-order valence-corrected chi connectivity index (χ2v) is 6.59. The molecule has 0 amide bonds. The molecular weight excluding hydrogens is 224 g/mol. The summed E-state index contributed by atoms with van der Waals surface area (Å²) >= 11 is 0. The van der Waals surface area contributed by atoms with Gasteiger partial charge in [0, 0.05) is 25.0 Å². The van der Waals surface area contributed by atoms with Gasteiger partial charge in [0.25, 0.3) is 0 Å². The van der Waals surface area contributed by atoms with E-state index < -0.39 is 5.60 Å². The lowest BCUT2D eigenvalue weighted by molar-refractivity contribution is -0.126. The first kappa shape index (κ1) is 14.3. The summed E-state index contributed by atoms with van der Waals surface area (Å²) < 4.78 is 0. The Bertz CT molecular complexity index is 251. The SMILES string of the molecule is CN1CCC(O)(C2(CN)CCCCCCC2)CC1. The smallest absolute Gasteiger partial charge is 0.0740 e. The van der Waals surface area contributed by atoms with Gasteiger partial charge in [0.15, 0.2) is 0 Å². The van der Waals surface area contributed by atoms with Gasteiger partial charge in [-0.15, -0.1) is 0 Å². The van der Waals surface area contributed by atoms with Crippen LogP contribution < -0.4 is 5.73 Å². The molecule has 1 saturated carbocycles. The summed E-state index contributed by atoms with van der Waals surface area (Å²) in [4.78, 5) is 2.32. The van der Waals surface area contributed by atoms with Crippen molar-refractivity contribution in [1.82, 2.24) is 4.90 Å². The van der Waals surface area contributed by atoms with Gasteiger partial charge in [0.05, 0.1) is 5.60 Å². The van der Waals surface area contributed by atoms with E-state index in [4.69, 9.17) is 5.73 Å². The molecule has 3 N–H and O–H groups in total. The molecule has 0 unspecified atom stereocenters. The van der Waals surface area contributed by atoms with Crippen molar-refractivity contribution < 1.29 is 5.11 Å². The molecule has 3 heteroatoms. The molecule has 1 heterocycles. The van der Waals surface area contributed by atoms with Crippen molar-refractivity contribution >= 4 is 0 Å². The van der Waals surface area contributed by atoms with Gasteiger partial charge in [-0.25, -0.2) is 0 Å². The van der Waals surface area contributed by atoms with Crippen LogP contribution in [-0.2, 0) is 0 Å². The summed E-state index contributed by atoms with van der Waals surface area (Å²) in [6.07, 6.45) is 10.6. The van der Waals surface area contributed by atoms with Crippen LogP contribution in [0.15, 0.2) is 0 Å². The molecule has 0 radical (unpaired) electrons. The zero-order valence-electron chi connectivity index (χ0n) is 12.0. The van der Waals surface area contributed by atoms with Crippen LogP contribution in [0.2, 0.25) is 0 Å². The minimum absolute atomic E-state index is 0.00528. The molecular formula is C15H30N2O. The highest BCUT2D eigenvalue weighted by Crippen LogP contribution is 2.47. The first-order valence-corrected chi connectivity index (χ1v) is 7.73. The van der Waals surface area contributed by atoms with E-state index in [9.17, 15) is 5.11 Å². The lowest BCUT2D eigenvalue weighted by Gasteiger charge is -2.51. The lowest BCUT2D eigenvalue weighted by Crippen LogP contribution is -2.57. The minimum atomic E-state index is -0.508. The van der Waals surface area contributed by atoms with E-state index in [1.165, 1.54) is 32.1 Å². The quantitative estimate of drug-likeness (QED) is 0.793. The number of hydrogen-bond acceptors (Lipinski definition) is 3. The molecule has 2 fully saturated rings. The van der Waals surface area contributed by atoms with Gasteiger partial charge in [0.1, 0.15) is 0 Å². The molecule has 2 aliphatic rings. The summed E-state index contributed by atoms with van der Waals surface area (Å²) in [6, 6.07) is 0. The van der Waals surface area contributed by atoms with Crippen molar-refractivity contribution in [2.75, 3.05) is 26.7 Å². The third-order valence-corrected chi connectivity index (χ3v) is 5.50. The molecule has 0 aromatic heterocycles. The van der Waals surface area contributed by atoms with Crippen molar-refractivity contribution in [3.8, 4) is 0 Å². The number of aliphatic hydroxyl groups is 1. The molecule has 106 valence electrons. The number of nitrogens with zero attached hydrogens (tertiary/aromatic N) is 1. The number of piperidine rings is 1. The van der Waals surface area contributed by atoms with Gasteiger partial charge >= 0.3 is 0 Å². The second-order valence-electron chi connectivity index (χ2n) is 6.59. The molecule has 1 aliphatic carbocycles. The van der Waals surface area contributed by atoms with E-state index in [0.717, 1.165) is 38.8 Å². The molecule has 0 atom stereocenters. The van der Waals surface area contributed by atoms with Crippen LogP contribution in [0.25, 0.3) is 0 Å². The molecule has 0 spiro atoms. The Labute approximate surface area is 112 Å². The lowest BCUT2D eigenvalue weighted by atomic mass is 9.61. The summed E-state index contributed by atoms with van der Waals surface area (Å²) in [5.41, 5.74) is 5.62. The van der Waals surface area contributed by atoms with Crippen molar-refractivity contribution in [3.63, 3.8) is 0 Å². The van der Waals surface area contributed by atoms with Crippen LogP contribution in [0.1, 0.15) is 57.8 Å². The van der Waals surface area contributed by atoms with E-state index in [1.54, 1.807) is 0 Å². The highest BCUT2D eigenvalue weighted by molar-refractivity contribution is 5.02. The van der Waals surface area contributed by atoms with Crippen LogP contribution in [0, 0.1) is 5.41 Å². The predicted octanol–water partition coefficient (Wildman–Crippen LogP) is 2.13. The third kappa shape index (κ3) is 2.73. The number of rotatable bonds is 2. The fraction of sp³-hybridized carbons (Fsp3) is 1.00. The first-order chi connectivity index (χ1) is 8.62. The minimum Gasteiger partial charge on any atom is -0.389 e. The van der Waals surface area contributed by atoms with Crippen molar-refractivity contribution in [1.29, 1.82) is 0 Å². The van der Waals surface area contributed by atoms with Gasteiger partial charge in [-0.2, -0.15) is 0 Å². The Kier molecular flexibility index (Phi) is 4.68. The Morgan fingerprint density at radius 1 is 0.944 bits per heavy atom. The molecule has 0 bridgehead atoms. The van der Waals surface area contributed by atoms with Crippen LogP contribution >= 0.6 is 0 Å². The maximum absolute atomic E-state index is 11.2. The zero-order chi connectivity index (χ0) is 13.1. The van der Waals surface area contributed by atoms with Gasteiger partial charge < -0.3 is 15.7 Å². The highest BCUT2D eigenvalue weighted by Gasteiger charge is 2.49. The van der Waals surface area contributed by atoms with Crippen LogP contribution in [0.3, 0.4) is 0 Å². The number of hydrogen-bond donors (Lipinski definition) is 2. The average Bonchev–Trinajstić information content (AvgIpc) is 2.33. The van der Waals surface area contributed by atoms with E-state index in [2.05, 4.69) is 11.9 Å². The standard InChI is InChI=1S/C15H30N2O/c1-17-11-9-15(18,10-12-17)14(13-16)7-5-3-2-4-6-8-14/h18H,2-13,16H2,1H3. The Morgan fingerprint density at radius 2 is 1.44 bits per heavy atom. The second kappa shape index (κ2) is 5.89. The molecule has 18 heavy (non-hydrogen) atoms. The topological polar surface area (TPSA) is 49.5 Å².